The third-order valence-corrected chi connectivity index (χ3v) is 2.75. The second-order valence-corrected chi connectivity index (χ2v) is 3.10. The lowest BCUT2D eigenvalue weighted by Crippen LogP contribution is -2.45. The first-order valence-corrected chi connectivity index (χ1v) is 4.75. The minimum absolute atomic E-state index is 0.184. The Labute approximate surface area is 71.8 Å². The van der Waals surface area contributed by atoms with E-state index in [0.29, 0.717) is 0 Å². The van der Waals surface area contributed by atoms with Gasteiger partial charge in [0.05, 0.1) is 0 Å². The van der Waals surface area contributed by atoms with E-state index in [1.165, 1.54) is 0 Å². The van der Waals surface area contributed by atoms with Gasteiger partial charge in [0.25, 0.3) is 0 Å². The summed E-state index contributed by atoms with van der Waals surface area (Å²) in [5.74, 6) is 0. The predicted octanol–water partition coefficient (Wildman–Crippen LogP) is 2.72. The minimum Gasteiger partial charge on any atom is -0.298 e. The molecule has 0 amide bonds. The molecule has 0 aliphatic carbocycles. The van der Waals surface area contributed by atoms with Crippen molar-refractivity contribution in [3.05, 3.63) is 6.92 Å². The second kappa shape index (κ2) is 4.76. The van der Waals surface area contributed by atoms with Crippen LogP contribution in [0.25, 0.3) is 0 Å². The van der Waals surface area contributed by atoms with E-state index in [1.807, 2.05) is 0 Å². The number of hydrogen-bond donors (Lipinski definition) is 0. The summed E-state index contributed by atoms with van der Waals surface area (Å²) in [6.45, 7) is 15.3. The van der Waals surface area contributed by atoms with Crippen molar-refractivity contribution in [1.29, 1.82) is 0 Å². The lowest BCUT2D eigenvalue weighted by atomic mass is 9.93. The van der Waals surface area contributed by atoms with Crippen molar-refractivity contribution in [2.24, 2.45) is 0 Å². The van der Waals surface area contributed by atoms with Crippen LogP contribution < -0.4 is 0 Å². The van der Waals surface area contributed by atoms with Crippen LogP contribution in [0, 0.1) is 6.92 Å². The highest BCUT2D eigenvalue weighted by Gasteiger charge is 2.25. The number of nitrogens with zero attached hydrogens (tertiary/aromatic N) is 1. The summed E-state index contributed by atoms with van der Waals surface area (Å²) in [5, 5.41) is 0. The molecule has 0 aliphatic heterocycles. The Bertz CT molecular complexity index is 91.0. The van der Waals surface area contributed by atoms with Gasteiger partial charge < -0.3 is 0 Å². The maximum Gasteiger partial charge on any atom is 0.0204 e. The number of hydrogen-bond acceptors (Lipinski definition) is 1. The van der Waals surface area contributed by atoms with E-state index >= 15 is 0 Å². The Balaban J connectivity index is 4.19. The smallest absolute Gasteiger partial charge is 0.0204 e. The van der Waals surface area contributed by atoms with Gasteiger partial charge >= 0.3 is 0 Å². The molecule has 0 aromatic heterocycles. The zero-order chi connectivity index (χ0) is 8.91. The van der Waals surface area contributed by atoms with Crippen LogP contribution in [0.15, 0.2) is 0 Å². The summed E-state index contributed by atoms with van der Waals surface area (Å²) in [6, 6.07) is 0. The molecule has 1 radical (unpaired) electrons. The topological polar surface area (TPSA) is 3.24 Å². The monoisotopic (exact) mass is 156 g/mol. The van der Waals surface area contributed by atoms with Crippen LogP contribution >= 0.6 is 0 Å². The van der Waals surface area contributed by atoms with Gasteiger partial charge in [-0.2, -0.15) is 0 Å². The Kier molecular flexibility index (Phi) is 4.74. The normalized spacial score (nSPS) is 12.5. The number of rotatable bonds is 5. The predicted molar refractivity (Wildman–Crippen MR) is 51.6 cm³/mol. The first kappa shape index (κ1) is 11.0. The van der Waals surface area contributed by atoms with Crippen LogP contribution in [0.2, 0.25) is 0 Å². The Morgan fingerprint density at radius 2 is 1.36 bits per heavy atom. The van der Waals surface area contributed by atoms with Gasteiger partial charge in [0.2, 0.25) is 0 Å². The highest BCUT2D eigenvalue weighted by molar-refractivity contribution is 4.89. The van der Waals surface area contributed by atoms with Gasteiger partial charge in [-0.25, -0.2) is 0 Å². The van der Waals surface area contributed by atoms with Gasteiger partial charge in [-0.15, -0.1) is 0 Å². The minimum atomic E-state index is 0.184. The van der Waals surface area contributed by atoms with Gasteiger partial charge in [0.1, 0.15) is 0 Å². The molecular weight excluding hydrogens is 134 g/mol. The summed E-state index contributed by atoms with van der Waals surface area (Å²) in [5.41, 5.74) is 0.184. The quantitative estimate of drug-likeness (QED) is 0.591. The van der Waals surface area contributed by atoms with E-state index in [1.54, 1.807) is 0 Å². The van der Waals surface area contributed by atoms with Crippen LogP contribution in [-0.4, -0.2) is 23.5 Å². The van der Waals surface area contributed by atoms with Crippen LogP contribution in [0.1, 0.15) is 40.5 Å². The Hall–Kier alpha value is -0.0400. The fourth-order valence-electron chi connectivity index (χ4n) is 1.59. The standard InChI is InChI=1S/C10H22N/c1-6-10(5,7-2)11(8-3)9-4/h5-9H2,1-4H3. The zero-order valence-electron chi connectivity index (χ0n) is 8.48. The van der Waals surface area contributed by atoms with Crippen molar-refractivity contribution in [3.63, 3.8) is 0 Å². The largest absolute Gasteiger partial charge is 0.298 e. The van der Waals surface area contributed by atoms with Crippen molar-refractivity contribution in [1.82, 2.24) is 4.90 Å². The summed E-state index contributed by atoms with van der Waals surface area (Å²) in [7, 11) is 0. The molecule has 0 aromatic rings. The van der Waals surface area contributed by atoms with E-state index in [2.05, 4.69) is 39.5 Å². The highest BCUT2D eigenvalue weighted by Crippen LogP contribution is 2.21. The molecule has 0 aromatic carbocycles. The Morgan fingerprint density at radius 1 is 1.00 bits per heavy atom. The second-order valence-electron chi connectivity index (χ2n) is 3.10. The maximum atomic E-state index is 4.27. The molecule has 0 aliphatic rings. The molecular formula is C10H22N. The molecule has 0 fully saturated rings. The summed E-state index contributed by atoms with van der Waals surface area (Å²) < 4.78 is 0. The van der Waals surface area contributed by atoms with E-state index < -0.39 is 0 Å². The fourth-order valence-corrected chi connectivity index (χ4v) is 1.59. The molecule has 0 rings (SSSR count). The van der Waals surface area contributed by atoms with Crippen LogP contribution in [0.4, 0.5) is 0 Å². The van der Waals surface area contributed by atoms with E-state index in [0.717, 1.165) is 25.9 Å². The van der Waals surface area contributed by atoms with E-state index in [9.17, 15) is 0 Å². The summed E-state index contributed by atoms with van der Waals surface area (Å²) in [4.78, 5) is 2.44. The molecule has 0 bridgehead atoms. The highest BCUT2D eigenvalue weighted by atomic mass is 15.2. The molecule has 67 valence electrons. The Morgan fingerprint density at radius 3 is 1.45 bits per heavy atom. The molecule has 0 heterocycles. The molecule has 1 heteroatoms. The molecule has 0 unspecified atom stereocenters. The van der Waals surface area contributed by atoms with E-state index in [-0.39, 0.29) is 5.54 Å². The van der Waals surface area contributed by atoms with Crippen molar-refractivity contribution in [2.45, 2.75) is 46.1 Å². The first-order valence-electron chi connectivity index (χ1n) is 4.75. The molecule has 0 N–H and O–H groups in total. The molecule has 0 atom stereocenters. The maximum absolute atomic E-state index is 4.27. The molecule has 1 nitrogen and oxygen atoms in total. The lowest BCUT2D eigenvalue weighted by Gasteiger charge is -2.39. The third-order valence-electron chi connectivity index (χ3n) is 2.75. The van der Waals surface area contributed by atoms with E-state index in [4.69, 9.17) is 0 Å². The van der Waals surface area contributed by atoms with Gasteiger partial charge in [0.15, 0.2) is 0 Å². The van der Waals surface area contributed by atoms with Gasteiger partial charge in [-0.1, -0.05) is 27.7 Å². The van der Waals surface area contributed by atoms with Crippen LogP contribution in [0.5, 0.6) is 0 Å². The SMILES string of the molecule is [CH2]C(CC)(CC)N(CC)CC. The van der Waals surface area contributed by atoms with Crippen LogP contribution in [-0.2, 0) is 0 Å². The molecule has 11 heavy (non-hydrogen) atoms. The summed E-state index contributed by atoms with van der Waals surface area (Å²) in [6.07, 6.45) is 2.29. The molecule has 0 spiro atoms. The fraction of sp³-hybridized carbons (Fsp3) is 0.900. The van der Waals surface area contributed by atoms with Crippen LogP contribution in [0.3, 0.4) is 0 Å². The average molecular weight is 156 g/mol. The van der Waals surface area contributed by atoms with Crippen molar-refractivity contribution in [2.75, 3.05) is 13.1 Å². The van der Waals surface area contributed by atoms with Gasteiger partial charge in [-0.3, -0.25) is 4.90 Å². The lowest BCUT2D eigenvalue weighted by molar-refractivity contribution is 0.133. The van der Waals surface area contributed by atoms with Crippen molar-refractivity contribution in [3.8, 4) is 0 Å². The van der Waals surface area contributed by atoms with Crippen molar-refractivity contribution >= 4 is 0 Å². The first-order chi connectivity index (χ1) is 5.14. The molecule has 0 saturated carbocycles. The molecule has 0 saturated heterocycles. The van der Waals surface area contributed by atoms with Gasteiger partial charge in [0, 0.05) is 5.54 Å². The summed E-state index contributed by atoms with van der Waals surface area (Å²) >= 11 is 0. The third kappa shape index (κ3) is 2.48. The zero-order valence-corrected chi connectivity index (χ0v) is 8.48. The van der Waals surface area contributed by atoms with Crippen molar-refractivity contribution < 1.29 is 0 Å². The van der Waals surface area contributed by atoms with Gasteiger partial charge in [-0.05, 0) is 32.9 Å². The average Bonchev–Trinajstić information content (AvgIpc) is 2.06.